The van der Waals surface area contributed by atoms with Crippen LogP contribution in [-0.2, 0) is 4.79 Å². The molecule has 0 radical (unpaired) electrons. The summed E-state index contributed by atoms with van der Waals surface area (Å²) in [5.41, 5.74) is 0.406. The Hall–Kier alpha value is -0.220. The molecule has 0 aromatic rings. The van der Waals surface area contributed by atoms with Gasteiger partial charge in [-0.05, 0) is 17.6 Å². The SMILES string of the molecule is CNC(=O)CNC1CSCC(C)(C)C1. The third-order valence-electron chi connectivity index (χ3n) is 2.44. The number of likely N-dealkylation sites (N-methyl/N-ethyl adjacent to an activating group) is 1. The van der Waals surface area contributed by atoms with Crippen LogP contribution in [0.15, 0.2) is 0 Å². The maximum atomic E-state index is 11.0. The molecule has 1 aliphatic rings. The highest BCUT2D eigenvalue weighted by Gasteiger charge is 2.28. The summed E-state index contributed by atoms with van der Waals surface area (Å²) in [6.45, 7) is 5.01. The van der Waals surface area contributed by atoms with Crippen LogP contribution >= 0.6 is 11.8 Å². The van der Waals surface area contributed by atoms with Crippen molar-refractivity contribution in [3.8, 4) is 0 Å². The fourth-order valence-corrected chi connectivity index (χ4v) is 3.03. The van der Waals surface area contributed by atoms with E-state index in [0.29, 0.717) is 18.0 Å². The van der Waals surface area contributed by atoms with Gasteiger partial charge >= 0.3 is 0 Å². The molecule has 1 fully saturated rings. The van der Waals surface area contributed by atoms with E-state index in [-0.39, 0.29) is 5.91 Å². The molecular weight excluding hydrogens is 196 g/mol. The molecule has 0 bridgehead atoms. The van der Waals surface area contributed by atoms with E-state index in [1.165, 1.54) is 5.75 Å². The smallest absolute Gasteiger partial charge is 0.233 e. The van der Waals surface area contributed by atoms with Gasteiger partial charge in [-0.3, -0.25) is 4.79 Å². The van der Waals surface area contributed by atoms with Gasteiger partial charge in [0.1, 0.15) is 0 Å². The molecule has 1 rings (SSSR count). The van der Waals surface area contributed by atoms with Crippen LogP contribution in [0.1, 0.15) is 20.3 Å². The number of amides is 1. The van der Waals surface area contributed by atoms with Crippen molar-refractivity contribution in [2.45, 2.75) is 26.3 Å². The first-order valence-electron chi connectivity index (χ1n) is 5.05. The summed E-state index contributed by atoms with van der Waals surface area (Å²) in [6.07, 6.45) is 1.16. The van der Waals surface area contributed by atoms with E-state index >= 15 is 0 Å². The molecule has 0 aliphatic carbocycles. The first-order valence-corrected chi connectivity index (χ1v) is 6.21. The third kappa shape index (κ3) is 3.88. The summed E-state index contributed by atoms with van der Waals surface area (Å²) >= 11 is 1.98. The van der Waals surface area contributed by atoms with Crippen molar-refractivity contribution in [2.75, 3.05) is 25.1 Å². The lowest BCUT2D eigenvalue weighted by Crippen LogP contribution is -2.44. The minimum absolute atomic E-state index is 0.0679. The molecule has 1 aliphatic heterocycles. The first kappa shape index (κ1) is 11.9. The average molecular weight is 216 g/mol. The summed E-state index contributed by atoms with van der Waals surface area (Å²) in [6, 6.07) is 0.487. The van der Waals surface area contributed by atoms with E-state index in [0.717, 1.165) is 12.2 Å². The summed E-state index contributed by atoms with van der Waals surface area (Å²) in [7, 11) is 1.67. The zero-order chi connectivity index (χ0) is 10.6. The van der Waals surface area contributed by atoms with Gasteiger partial charge in [-0.15, -0.1) is 0 Å². The van der Waals surface area contributed by atoms with Crippen LogP contribution in [0.2, 0.25) is 0 Å². The van der Waals surface area contributed by atoms with Gasteiger partial charge in [-0.2, -0.15) is 11.8 Å². The van der Waals surface area contributed by atoms with Gasteiger partial charge < -0.3 is 10.6 Å². The fraction of sp³-hybridized carbons (Fsp3) is 0.900. The Balaban J connectivity index is 2.28. The largest absolute Gasteiger partial charge is 0.358 e. The second kappa shape index (κ2) is 5.03. The molecule has 0 spiro atoms. The van der Waals surface area contributed by atoms with Gasteiger partial charge in [0.05, 0.1) is 6.54 Å². The van der Waals surface area contributed by atoms with E-state index in [1.807, 2.05) is 11.8 Å². The average Bonchev–Trinajstić information content (AvgIpc) is 2.12. The van der Waals surface area contributed by atoms with Gasteiger partial charge in [0, 0.05) is 18.8 Å². The summed E-state index contributed by atoms with van der Waals surface area (Å²) in [5.74, 6) is 2.42. The van der Waals surface area contributed by atoms with Crippen LogP contribution < -0.4 is 10.6 Å². The molecule has 1 saturated heterocycles. The number of rotatable bonds is 3. The lowest BCUT2D eigenvalue weighted by molar-refractivity contribution is -0.119. The van der Waals surface area contributed by atoms with Crippen molar-refractivity contribution < 1.29 is 4.79 Å². The van der Waals surface area contributed by atoms with Gasteiger partial charge in [-0.1, -0.05) is 13.8 Å². The molecule has 82 valence electrons. The van der Waals surface area contributed by atoms with Gasteiger partial charge in [0.2, 0.25) is 5.91 Å². The summed E-state index contributed by atoms with van der Waals surface area (Å²) in [5, 5.41) is 5.91. The van der Waals surface area contributed by atoms with E-state index in [1.54, 1.807) is 7.05 Å². The van der Waals surface area contributed by atoms with E-state index in [4.69, 9.17) is 0 Å². The zero-order valence-electron chi connectivity index (χ0n) is 9.22. The van der Waals surface area contributed by atoms with Crippen molar-refractivity contribution in [3.63, 3.8) is 0 Å². The molecule has 2 N–H and O–H groups in total. The minimum Gasteiger partial charge on any atom is -0.358 e. The number of nitrogens with one attached hydrogen (secondary N) is 2. The molecule has 0 saturated carbocycles. The van der Waals surface area contributed by atoms with Crippen LogP contribution in [0, 0.1) is 5.41 Å². The standard InChI is InChI=1S/C10H20N2OS/c1-10(2)4-8(6-14-7-10)12-5-9(13)11-3/h8,12H,4-7H2,1-3H3,(H,11,13). The van der Waals surface area contributed by atoms with Crippen LogP contribution in [0.3, 0.4) is 0 Å². The van der Waals surface area contributed by atoms with E-state index < -0.39 is 0 Å². The van der Waals surface area contributed by atoms with Crippen LogP contribution in [0.4, 0.5) is 0 Å². The third-order valence-corrected chi connectivity index (χ3v) is 4.06. The quantitative estimate of drug-likeness (QED) is 0.735. The molecule has 4 heteroatoms. The number of thioether (sulfide) groups is 1. The Bertz CT molecular complexity index is 206. The lowest BCUT2D eigenvalue weighted by Gasteiger charge is -2.35. The Labute approximate surface area is 90.4 Å². The Morgan fingerprint density at radius 1 is 1.57 bits per heavy atom. The van der Waals surface area contributed by atoms with Crippen molar-refractivity contribution >= 4 is 17.7 Å². The Morgan fingerprint density at radius 2 is 2.29 bits per heavy atom. The minimum atomic E-state index is 0.0679. The predicted octanol–water partition coefficient (Wildman–Crippen LogP) is 0.854. The molecule has 14 heavy (non-hydrogen) atoms. The van der Waals surface area contributed by atoms with Crippen LogP contribution in [0.5, 0.6) is 0 Å². The van der Waals surface area contributed by atoms with Crippen molar-refractivity contribution in [2.24, 2.45) is 5.41 Å². The van der Waals surface area contributed by atoms with Crippen molar-refractivity contribution in [3.05, 3.63) is 0 Å². The highest BCUT2D eigenvalue weighted by Crippen LogP contribution is 2.33. The molecule has 0 aromatic carbocycles. The number of hydrogen-bond acceptors (Lipinski definition) is 3. The molecule has 1 atom stereocenters. The van der Waals surface area contributed by atoms with Gasteiger partial charge in [0.25, 0.3) is 0 Å². The lowest BCUT2D eigenvalue weighted by atomic mass is 9.88. The molecular formula is C10H20N2OS. The normalized spacial score (nSPS) is 25.8. The molecule has 1 heterocycles. The molecule has 0 aromatic heterocycles. The number of hydrogen-bond donors (Lipinski definition) is 2. The van der Waals surface area contributed by atoms with E-state index in [9.17, 15) is 4.79 Å². The topological polar surface area (TPSA) is 41.1 Å². The second-order valence-electron chi connectivity index (χ2n) is 4.63. The Kier molecular flexibility index (Phi) is 4.26. The highest BCUT2D eigenvalue weighted by molar-refractivity contribution is 7.99. The molecule has 3 nitrogen and oxygen atoms in total. The zero-order valence-corrected chi connectivity index (χ0v) is 10.0. The van der Waals surface area contributed by atoms with Gasteiger partial charge in [-0.25, -0.2) is 0 Å². The second-order valence-corrected chi connectivity index (χ2v) is 5.66. The van der Waals surface area contributed by atoms with Crippen molar-refractivity contribution in [1.29, 1.82) is 0 Å². The van der Waals surface area contributed by atoms with Crippen LogP contribution in [-0.4, -0.2) is 37.0 Å². The molecule has 1 unspecified atom stereocenters. The predicted molar refractivity (Wildman–Crippen MR) is 61.6 cm³/mol. The van der Waals surface area contributed by atoms with Gasteiger partial charge in [0.15, 0.2) is 0 Å². The van der Waals surface area contributed by atoms with Crippen molar-refractivity contribution in [1.82, 2.24) is 10.6 Å². The Morgan fingerprint density at radius 3 is 2.86 bits per heavy atom. The highest BCUT2D eigenvalue weighted by atomic mass is 32.2. The first-order chi connectivity index (χ1) is 6.53. The van der Waals surface area contributed by atoms with E-state index in [2.05, 4.69) is 24.5 Å². The summed E-state index contributed by atoms with van der Waals surface area (Å²) in [4.78, 5) is 11.0. The molecule has 1 amide bonds. The number of carbonyl (C=O) groups excluding carboxylic acids is 1. The van der Waals surface area contributed by atoms with Crippen LogP contribution in [0.25, 0.3) is 0 Å². The monoisotopic (exact) mass is 216 g/mol. The number of carbonyl (C=O) groups is 1. The summed E-state index contributed by atoms with van der Waals surface area (Å²) < 4.78 is 0. The maximum absolute atomic E-state index is 11.0. The fourth-order valence-electron chi connectivity index (χ4n) is 1.72. The maximum Gasteiger partial charge on any atom is 0.233 e.